The number of carboxylic acid groups (broad SMARTS) is 1. The van der Waals surface area contributed by atoms with Crippen LogP contribution in [0.1, 0.15) is 28.0 Å². The van der Waals surface area contributed by atoms with Crippen LogP contribution in [0.2, 0.25) is 0 Å². The number of hydrogen-bond acceptors (Lipinski definition) is 6. The Balaban J connectivity index is 2.20. The van der Waals surface area contributed by atoms with Gasteiger partial charge < -0.3 is 24.1 Å². The molecule has 0 aliphatic heterocycles. The van der Waals surface area contributed by atoms with Gasteiger partial charge in [0.15, 0.2) is 0 Å². The van der Waals surface area contributed by atoms with E-state index in [-0.39, 0.29) is 12.0 Å². The Morgan fingerprint density at radius 1 is 1.08 bits per heavy atom. The molecule has 0 saturated carbocycles. The molecule has 1 aromatic carbocycles. The van der Waals surface area contributed by atoms with Crippen molar-refractivity contribution in [3.63, 3.8) is 0 Å². The van der Waals surface area contributed by atoms with Gasteiger partial charge in [0.2, 0.25) is 5.91 Å². The van der Waals surface area contributed by atoms with Crippen LogP contribution in [0, 0.1) is 27.7 Å². The first-order chi connectivity index (χ1) is 12.2. The largest absolute Gasteiger partial charge is 0.548 e. The lowest BCUT2D eigenvalue weighted by atomic mass is 9.98. The van der Waals surface area contributed by atoms with Crippen molar-refractivity contribution >= 4 is 33.8 Å². The summed E-state index contributed by atoms with van der Waals surface area (Å²) in [5.74, 6) is -1.23. The van der Waals surface area contributed by atoms with E-state index in [9.17, 15) is 19.5 Å². The average Bonchev–Trinajstić information content (AvgIpc) is 2.84. The Morgan fingerprint density at radius 3 is 2.42 bits per heavy atom. The van der Waals surface area contributed by atoms with Gasteiger partial charge in [-0.1, -0.05) is 0 Å². The molecule has 0 fully saturated rings. The highest BCUT2D eigenvalue weighted by Gasteiger charge is 2.20. The van der Waals surface area contributed by atoms with E-state index < -0.39 is 24.0 Å². The number of carboxylic acids is 1. The van der Waals surface area contributed by atoms with Gasteiger partial charge in [-0.25, -0.2) is 4.79 Å². The van der Waals surface area contributed by atoms with Crippen molar-refractivity contribution in [2.45, 2.75) is 34.1 Å². The van der Waals surface area contributed by atoms with Crippen molar-refractivity contribution < 1.29 is 23.5 Å². The molecule has 7 nitrogen and oxygen atoms in total. The molecule has 136 valence electrons. The number of rotatable bonds is 4. The van der Waals surface area contributed by atoms with E-state index >= 15 is 0 Å². The Bertz CT molecular complexity index is 1120. The molecule has 2 heterocycles. The average molecular weight is 356 g/mol. The molecule has 0 aliphatic carbocycles. The molecule has 0 atom stereocenters. The number of aryl methyl sites for hydroxylation is 4. The number of aliphatic carboxylic acids is 1. The third-order valence-electron chi connectivity index (χ3n) is 4.64. The molecule has 1 N–H and O–H groups in total. The first-order valence-electron chi connectivity index (χ1n) is 8.12. The van der Waals surface area contributed by atoms with Gasteiger partial charge in [-0.3, -0.25) is 4.79 Å². The van der Waals surface area contributed by atoms with Crippen LogP contribution in [-0.4, -0.2) is 18.4 Å². The van der Waals surface area contributed by atoms with Crippen molar-refractivity contribution in [3.05, 3.63) is 44.5 Å². The molecule has 0 aliphatic rings. The summed E-state index contributed by atoms with van der Waals surface area (Å²) < 4.78 is 11.3. The molecule has 3 rings (SSSR count). The first-order valence-corrected chi connectivity index (χ1v) is 8.12. The highest BCUT2D eigenvalue weighted by molar-refractivity contribution is 6.07. The van der Waals surface area contributed by atoms with E-state index in [0.717, 1.165) is 22.3 Å². The first kappa shape index (κ1) is 17.7. The highest BCUT2D eigenvalue weighted by Crippen LogP contribution is 2.35. The molecule has 7 heteroatoms. The maximum Gasteiger partial charge on any atom is 0.340 e. The van der Waals surface area contributed by atoms with Crippen LogP contribution in [0.15, 0.2) is 19.7 Å². The van der Waals surface area contributed by atoms with Gasteiger partial charge in [0.25, 0.3) is 0 Å². The number of hydrogen-bond donors (Lipinski definition) is 1. The van der Waals surface area contributed by atoms with E-state index in [1.165, 1.54) is 0 Å². The topological polar surface area (TPSA) is 113 Å². The minimum absolute atomic E-state index is 0.171. The van der Waals surface area contributed by atoms with Crippen molar-refractivity contribution in [1.29, 1.82) is 0 Å². The lowest BCUT2D eigenvalue weighted by molar-refractivity contribution is -0.304. The standard InChI is InChI=1S/C19H19NO6/c1-8-5-13-17(18-16(8)9(2)11(4)25-18)10(3)12(19(24)26-13)6-14(21)20-7-15(22)23/h5H,6-7H2,1-4H3,(H,20,21)(H,22,23)/p-1. The summed E-state index contributed by atoms with van der Waals surface area (Å²) in [6.45, 7) is 6.85. The lowest BCUT2D eigenvalue weighted by Gasteiger charge is -2.10. The van der Waals surface area contributed by atoms with Crippen LogP contribution in [0.5, 0.6) is 0 Å². The Morgan fingerprint density at radius 2 is 1.77 bits per heavy atom. The summed E-state index contributed by atoms with van der Waals surface area (Å²) in [6.07, 6.45) is -0.286. The molecule has 0 bridgehead atoms. The summed E-state index contributed by atoms with van der Waals surface area (Å²) >= 11 is 0. The fourth-order valence-electron chi connectivity index (χ4n) is 3.23. The molecule has 0 unspecified atom stereocenters. The second-order valence-corrected chi connectivity index (χ2v) is 6.37. The van der Waals surface area contributed by atoms with E-state index in [4.69, 9.17) is 8.83 Å². The third-order valence-corrected chi connectivity index (χ3v) is 4.64. The van der Waals surface area contributed by atoms with Crippen LogP contribution >= 0.6 is 0 Å². The Labute approximate surface area is 148 Å². The Kier molecular flexibility index (Phi) is 4.31. The maximum atomic E-state index is 12.3. The van der Waals surface area contributed by atoms with E-state index in [1.807, 2.05) is 20.8 Å². The fraction of sp³-hybridized carbons (Fsp3) is 0.316. The van der Waals surface area contributed by atoms with Gasteiger partial charge >= 0.3 is 5.63 Å². The molecular formula is C19H18NO6-. The minimum atomic E-state index is -1.40. The van der Waals surface area contributed by atoms with Gasteiger partial charge in [-0.2, -0.15) is 0 Å². The molecular weight excluding hydrogens is 338 g/mol. The molecule has 3 aromatic rings. The monoisotopic (exact) mass is 356 g/mol. The normalized spacial score (nSPS) is 11.2. The molecule has 0 radical (unpaired) electrons. The summed E-state index contributed by atoms with van der Waals surface area (Å²) in [5.41, 5.74) is 3.08. The van der Waals surface area contributed by atoms with E-state index in [1.54, 1.807) is 13.0 Å². The predicted octanol–water partition coefficient (Wildman–Crippen LogP) is 1.18. The van der Waals surface area contributed by atoms with Crippen molar-refractivity contribution in [2.24, 2.45) is 0 Å². The summed E-state index contributed by atoms with van der Waals surface area (Å²) in [6, 6.07) is 1.79. The zero-order valence-electron chi connectivity index (χ0n) is 14.9. The lowest BCUT2D eigenvalue weighted by Crippen LogP contribution is -2.38. The molecule has 2 aromatic heterocycles. The third kappa shape index (κ3) is 2.85. The highest BCUT2D eigenvalue weighted by atomic mass is 16.4. The second kappa shape index (κ2) is 6.33. The van der Waals surface area contributed by atoms with E-state index in [0.29, 0.717) is 22.1 Å². The van der Waals surface area contributed by atoms with E-state index in [2.05, 4.69) is 5.32 Å². The summed E-state index contributed by atoms with van der Waals surface area (Å²) in [5, 5.41) is 14.2. The fourth-order valence-corrected chi connectivity index (χ4v) is 3.23. The van der Waals surface area contributed by atoms with Crippen LogP contribution in [0.25, 0.3) is 21.9 Å². The number of amides is 1. The zero-order valence-corrected chi connectivity index (χ0v) is 14.9. The van der Waals surface area contributed by atoms with Crippen LogP contribution < -0.4 is 16.0 Å². The number of carbonyl (C=O) groups is 2. The molecule has 1 amide bonds. The SMILES string of the molecule is Cc1oc2c(c(C)cc3oc(=O)c(CC(=O)NCC(=O)[O-])c(C)c32)c1C. The van der Waals surface area contributed by atoms with Gasteiger partial charge in [-0.05, 0) is 50.5 Å². The number of carbonyl (C=O) groups excluding carboxylic acids is 2. The van der Waals surface area contributed by atoms with Crippen molar-refractivity contribution in [1.82, 2.24) is 5.32 Å². The quantitative estimate of drug-likeness (QED) is 0.703. The summed E-state index contributed by atoms with van der Waals surface area (Å²) in [7, 11) is 0. The maximum absolute atomic E-state index is 12.3. The number of nitrogens with one attached hydrogen (secondary N) is 1. The number of benzene rings is 1. The molecule has 0 spiro atoms. The molecule has 0 saturated heterocycles. The van der Waals surface area contributed by atoms with Crippen molar-refractivity contribution in [3.8, 4) is 0 Å². The smallest absolute Gasteiger partial charge is 0.340 e. The van der Waals surface area contributed by atoms with Crippen LogP contribution in [0.4, 0.5) is 0 Å². The predicted molar refractivity (Wildman–Crippen MR) is 92.9 cm³/mol. The Hall–Kier alpha value is -3.09. The van der Waals surface area contributed by atoms with Gasteiger partial charge in [0.1, 0.15) is 16.9 Å². The van der Waals surface area contributed by atoms with Crippen LogP contribution in [-0.2, 0) is 16.0 Å². The summed E-state index contributed by atoms with van der Waals surface area (Å²) in [4.78, 5) is 34.7. The second-order valence-electron chi connectivity index (χ2n) is 6.37. The van der Waals surface area contributed by atoms with Gasteiger partial charge in [-0.15, -0.1) is 0 Å². The number of furan rings is 1. The van der Waals surface area contributed by atoms with Gasteiger partial charge in [0.05, 0.1) is 29.9 Å². The zero-order chi connectivity index (χ0) is 19.2. The van der Waals surface area contributed by atoms with Crippen molar-refractivity contribution in [2.75, 3.05) is 6.54 Å². The molecule has 26 heavy (non-hydrogen) atoms. The van der Waals surface area contributed by atoms with Crippen LogP contribution in [0.3, 0.4) is 0 Å². The minimum Gasteiger partial charge on any atom is -0.548 e. The number of fused-ring (bicyclic) bond motifs is 3. The van der Waals surface area contributed by atoms with Gasteiger partial charge in [0, 0.05) is 5.39 Å².